The summed E-state index contributed by atoms with van der Waals surface area (Å²) < 4.78 is 0. The van der Waals surface area contributed by atoms with Gasteiger partial charge in [0.15, 0.2) is 0 Å². The van der Waals surface area contributed by atoms with Crippen molar-refractivity contribution in [3.63, 3.8) is 0 Å². The molecule has 0 amide bonds. The summed E-state index contributed by atoms with van der Waals surface area (Å²) in [4.78, 5) is 14.5. The predicted octanol–water partition coefficient (Wildman–Crippen LogP) is -1.06. The van der Waals surface area contributed by atoms with Crippen molar-refractivity contribution in [2.24, 2.45) is 0 Å². The van der Waals surface area contributed by atoms with Crippen LogP contribution >= 0.6 is 0 Å². The van der Waals surface area contributed by atoms with Crippen LogP contribution in [0.1, 0.15) is 30.6 Å². The van der Waals surface area contributed by atoms with Crippen molar-refractivity contribution in [2.45, 2.75) is 49.5 Å². The predicted molar refractivity (Wildman–Crippen MR) is 89.9 cm³/mol. The maximum atomic E-state index is 11.5. The summed E-state index contributed by atoms with van der Waals surface area (Å²) in [5.74, 6) is -7.79. The monoisotopic (exact) mass is 366 g/mol. The molecule has 1 aromatic carbocycles. The van der Waals surface area contributed by atoms with Gasteiger partial charge in [-0.1, -0.05) is 25.1 Å². The third kappa shape index (κ3) is 2.69. The van der Waals surface area contributed by atoms with E-state index in [2.05, 4.69) is 10.3 Å². The molecule has 0 bridgehead atoms. The fourth-order valence-electron chi connectivity index (χ4n) is 3.45. The highest BCUT2D eigenvalue weighted by Gasteiger charge is 2.59. The van der Waals surface area contributed by atoms with Crippen molar-refractivity contribution < 1.29 is 35.4 Å². The second kappa shape index (κ2) is 6.31. The van der Waals surface area contributed by atoms with Gasteiger partial charge in [0.05, 0.1) is 0 Å². The number of hydrogen-bond acceptors (Lipinski definition) is 7. The normalized spacial score (nSPS) is 22.2. The third-order valence-corrected chi connectivity index (χ3v) is 5.00. The van der Waals surface area contributed by atoms with Crippen LogP contribution in [-0.2, 0) is 11.2 Å². The van der Waals surface area contributed by atoms with Crippen LogP contribution in [0.5, 0.6) is 0 Å². The fourth-order valence-corrected chi connectivity index (χ4v) is 3.45. The molecule has 0 radical (unpaired) electrons. The molecule has 0 aliphatic carbocycles. The molecule has 0 spiro atoms. The molecular formula is C17H22N2O7. The summed E-state index contributed by atoms with van der Waals surface area (Å²) in [6, 6.07) is 4.25. The maximum Gasteiger partial charge on any atom is 0.321 e. The number of hydrogen-bond donors (Lipinski definition) is 8. The minimum absolute atomic E-state index is 0.0709. The number of nitrogens with one attached hydrogen (secondary N) is 2. The highest BCUT2D eigenvalue weighted by Crippen LogP contribution is 2.40. The lowest BCUT2D eigenvalue weighted by atomic mass is 9.84. The van der Waals surface area contributed by atoms with Crippen LogP contribution in [0.3, 0.4) is 0 Å². The lowest BCUT2D eigenvalue weighted by Crippen LogP contribution is -2.68. The van der Waals surface area contributed by atoms with Crippen LogP contribution in [-0.4, -0.2) is 65.3 Å². The van der Waals surface area contributed by atoms with E-state index in [1.165, 1.54) is 6.92 Å². The SMILES string of the molecule is CCC(O)C(O)(O)C(O)(O)C1NC(C(=O)O)Cc2c1[nH]c1ccccc21. The lowest BCUT2D eigenvalue weighted by Gasteiger charge is -2.44. The first kappa shape index (κ1) is 18.8. The summed E-state index contributed by atoms with van der Waals surface area (Å²) >= 11 is 0. The van der Waals surface area contributed by atoms with Gasteiger partial charge < -0.3 is 35.6 Å². The molecule has 3 unspecified atom stereocenters. The number of H-pyrrole nitrogens is 1. The average Bonchev–Trinajstić information content (AvgIpc) is 2.98. The van der Waals surface area contributed by atoms with Gasteiger partial charge in [-0.15, -0.1) is 0 Å². The van der Waals surface area contributed by atoms with Gasteiger partial charge in [0.2, 0.25) is 11.6 Å². The minimum Gasteiger partial charge on any atom is -0.480 e. The average molecular weight is 366 g/mol. The van der Waals surface area contributed by atoms with Crippen molar-refractivity contribution in [3.8, 4) is 0 Å². The smallest absolute Gasteiger partial charge is 0.321 e. The summed E-state index contributed by atoms with van der Waals surface area (Å²) in [6.45, 7) is 1.44. The van der Waals surface area contributed by atoms with Gasteiger partial charge in [0, 0.05) is 23.0 Å². The number of aromatic nitrogens is 1. The first-order valence-electron chi connectivity index (χ1n) is 8.27. The molecule has 0 saturated heterocycles. The van der Waals surface area contributed by atoms with Gasteiger partial charge in [0.1, 0.15) is 18.2 Å². The number of rotatable bonds is 5. The zero-order valence-corrected chi connectivity index (χ0v) is 14.0. The largest absolute Gasteiger partial charge is 0.480 e. The first-order valence-corrected chi connectivity index (χ1v) is 8.27. The molecule has 3 atom stereocenters. The third-order valence-electron chi connectivity index (χ3n) is 5.00. The van der Waals surface area contributed by atoms with E-state index in [0.717, 1.165) is 0 Å². The van der Waals surface area contributed by atoms with E-state index in [1.54, 1.807) is 24.3 Å². The van der Waals surface area contributed by atoms with Gasteiger partial charge in [-0.3, -0.25) is 10.1 Å². The van der Waals surface area contributed by atoms with Crippen molar-refractivity contribution in [1.29, 1.82) is 0 Å². The van der Waals surface area contributed by atoms with E-state index >= 15 is 0 Å². The number of para-hydroxylation sites is 1. The van der Waals surface area contributed by atoms with Crippen LogP contribution in [0.4, 0.5) is 0 Å². The molecule has 1 aliphatic heterocycles. The Labute approximate surface area is 148 Å². The Morgan fingerprint density at radius 3 is 2.54 bits per heavy atom. The molecule has 142 valence electrons. The Bertz CT molecular complexity index is 830. The van der Waals surface area contributed by atoms with Crippen LogP contribution in [0.2, 0.25) is 0 Å². The summed E-state index contributed by atoms with van der Waals surface area (Å²) in [5, 5.41) is 64.0. The van der Waals surface area contributed by atoms with E-state index in [-0.39, 0.29) is 18.5 Å². The molecule has 9 heteroatoms. The summed E-state index contributed by atoms with van der Waals surface area (Å²) in [5.41, 5.74) is 1.40. The van der Waals surface area contributed by atoms with Crippen LogP contribution in [0, 0.1) is 0 Å². The Morgan fingerprint density at radius 2 is 1.92 bits per heavy atom. The van der Waals surface area contributed by atoms with E-state index in [9.17, 15) is 35.4 Å². The van der Waals surface area contributed by atoms with E-state index < -0.39 is 35.7 Å². The molecule has 0 fully saturated rings. The van der Waals surface area contributed by atoms with E-state index in [0.29, 0.717) is 16.5 Å². The first-order chi connectivity index (χ1) is 12.1. The second-order valence-corrected chi connectivity index (χ2v) is 6.63. The number of carbonyl (C=O) groups is 1. The number of fused-ring (bicyclic) bond motifs is 3. The Hall–Kier alpha value is -2.01. The van der Waals surface area contributed by atoms with Gasteiger partial charge >= 0.3 is 5.97 Å². The number of aliphatic hydroxyl groups is 5. The van der Waals surface area contributed by atoms with Gasteiger partial charge in [-0.25, -0.2) is 0 Å². The molecule has 1 aliphatic rings. The standard InChI is InChI=1S/C17H22N2O7/c1-2-12(20)16(23,24)17(25,26)14-13-9(7-11(19-14)15(21)22)8-5-3-4-6-10(8)18-13/h3-6,11-12,14,18-20,23-26H,2,7H2,1H3,(H,21,22). The Balaban J connectivity index is 2.16. The van der Waals surface area contributed by atoms with Crippen molar-refractivity contribution in [1.82, 2.24) is 10.3 Å². The number of aliphatic hydroxyl groups excluding tert-OH is 1. The molecule has 8 N–H and O–H groups in total. The molecular weight excluding hydrogens is 344 g/mol. The Morgan fingerprint density at radius 1 is 1.27 bits per heavy atom. The minimum atomic E-state index is -3.30. The van der Waals surface area contributed by atoms with Crippen molar-refractivity contribution in [3.05, 3.63) is 35.5 Å². The second-order valence-electron chi connectivity index (χ2n) is 6.63. The van der Waals surface area contributed by atoms with Gasteiger partial charge in [0.25, 0.3) is 0 Å². The highest BCUT2D eigenvalue weighted by molar-refractivity contribution is 5.86. The van der Waals surface area contributed by atoms with Crippen LogP contribution in [0.25, 0.3) is 10.9 Å². The van der Waals surface area contributed by atoms with Gasteiger partial charge in [-0.2, -0.15) is 0 Å². The highest BCUT2D eigenvalue weighted by atomic mass is 16.6. The molecule has 0 saturated carbocycles. The molecule has 9 nitrogen and oxygen atoms in total. The molecule has 2 heterocycles. The van der Waals surface area contributed by atoms with Crippen LogP contribution < -0.4 is 5.32 Å². The van der Waals surface area contributed by atoms with E-state index in [1.807, 2.05) is 0 Å². The molecule has 1 aromatic heterocycles. The zero-order chi connectivity index (χ0) is 19.3. The molecule has 2 aromatic rings. The zero-order valence-electron chi connectivity index (χ0n) is 14.0. The summed E-state index contributed by atoms with van der Waals surface area (Å²) in [7, 11) is 0. The summed E-state index contributed by atoms with van der Waals surface area (Å²) in [6.07, 6.45) is -1.95. The number of benzene rings is 1. The van der Waals surface area contributed by atoms with E-state index in [4.69, 9.17) is 0 Å². The number of carboxylic acids is 1. The number of aromatic amines is 1. The Kier molecular flexibility index (Phi) is 4.55. The lowest BCUT2D eigenvalue weighted by molar-refractivity contribution is -0.395. The van der Waals surface area contributed by atoms with Crippen LogP contribution in [0.15, 0.2) is 24.3 Å². The van der Waals surface area contributed by atoms with Crippen molar-refractivity contribution in [2.75, 3.05) is 0 Å². The number of aliphatic carboxylic acids is 1. The molecule has 26 heavy (non-hydrogen) atoms. The van der Waals surface area contributed by atoms with Crippen molar-refractivity contribution >= 4 is 16.9 Å². The quantitative estimate of drug-likeness (QED) is 0.310. The van der Waals surface area contributed by atoms with Gasteiger partial charge in [-0.05, 0) is 18.1 Å². The fraction of sp³-hybridized carbons (Fsp3) is 0.471. The number of carboxylic acid groups (broad SMARTS) is 1. The molecule has 3 rings (SSSR count). The topological polar surface area (TPSA) is 166 Å². The maximum absolute atomic E-state index is 11.5.